The first kappa shape index (κ1) is 14.9. The zero-order chi connectivity index (χ0) is 16.8. The molecule has 0 aliphatic carbocycles. The lowest BCUT2D eigenvalue weighted by Gasteiger charge is -2.14. The van der Waals surface area contributed by atoms with Gasteiger partial charge in [-0.25, -0.2) is 8.69 Å². The predicted octanol–water partition coefficient (Wildman–Crippen LogP) is 6.34. The van der Waals surface area contributed by atoms with E-state index >= 15 is 0 Å². The second kappa shape index (κ2) is 5.86. The summed E-state index contributed by atoms with van der Waals surface area (Å²) in [6.07, 6.45) is 0. The molecule has 122 valence electrons. The first-order valence-corrected chi connectivity index (χ1v) is 9.54. The molecule has 2 heterocycles. The highest BCUT2D eigenvalue weighted by Gasteiger charge is 2.22. The Bertz CT molecular complexity index is 1040. The van der Waals surface area contributed by atoms with Gasteiger partial charge in [-0.05, 0) is 61.0 Å². The first-order chi connectivity index (χ1) is 12.3. The third-order valence-corrected chi connectivity index (χ3v) is 6.50. The van der Waals surface area contributed by atoms with Crippen LogP contribution in [0.1, 0.15) is 5.56 Å². The number of benzene rings is 3. The average molecular weight is 362 g/mol. The van der Waals surface area contributed by atoms with Crippen LogP contribution >= 0.6 is 23.9 Å². The number of nitrogens with zero attached hydrogens (tertiary/aromatic N) is 2. The highest BCUT2D eigenvalue weighted by atomic mass is 32.2. The minimum Gasteiger partial charge on any atom is -0.436 e. The van der Waals surface area contributed by atoms with Gasteiger partial charge in [0.15, 0.2) is 5.58 Å². The molecule has 1 aromatic heterocycles. The molecule has 1 aliphatic heterocycles. The maximum absolute atomic E-state index is 5.85. The number of fused-ring (bicyclic) bond motifs is 2. The van der Waals surface area contributed by atoms with Crippen molar-refractivity contribution in [2.75, 3.05) is 3.71 Å². The predicted molar refractivity (Wildman–Crippen MR) is 105 cm³/mol. The Hall–Kier alpha value is -2.37. The molecule has 0 spiro atoms. The molecule has 3 aromatic carbocycles. The molecule has 5 rings (SSSR count). The fraction of sp³-hybridized carbons (Fsp3) is 0.0500. The van der Waals surface area contributed by atoms with Crippen molar-refractivity contribution in [3.63, 3.8) is 0 Å². The van der Waals surface area contributed by atoms with E-state index in [2.05, 4.69) is 58.1 Å². The Balaban J connectivity index is 1.42. The van der Waals surface area contributed by atoms with Crippen molar-refractivity contribution < 1.29 is 4.42 Å². The molecule has 4 aromatic rings. The summed E-state index contributed by atoms with van der Waals surface area (Å²) in [5.74, 6) is 0.661. The number of para-hydroxylation sites is 2. The van der Waals surface area contributed by atoms with Crippen molar-refractivity contribution >= 4 is 40.7 Å². The van der Waals surface area contributed by atoms with E-state index in [0.29, 0.717) is 5.89 Å². The van der Waals surface area contributed by atoms with Gasteiger partial charge in [-0.1, -0.05) is 18.2 Å². The highest BCUT2D eigenvalue weighted by Crippen LogP contribution is 2.49. The van der Waals surface area contributed by atoms with E-state index < -0.39 is 0 Å². The quantitative estimate of drug-likeness (QED) is 0.388. The van der Waals surface area contributed by atoms with Crippen molar-refractivity contribution in [3.8, 4) is 11.5 Å². The van der Waals surface area contributed by atoms with Gasteiger partial charge < -0.3 is 4.42 Å². The van der Waals surface area contributed by atoms with Crippen molar-refractivity contribution in [1.29, 1.82) is 0 Å². The summed E-state index contributed by atoms with van der Waals surface area (Å²) in [5.41, 5.74) is 5.14. The van der Waals surface area contributed by atoms with Crippen molar-refractivity contribution in [3.05, 3.63) is 72.3 Å². The van der Waals surface area contributed by atoms with Crippen LogP contribution in [0.2, 0.25) is 0 Å². The fourth-order valence-corrected chi connectivity index (χ4v) is 5.13. The van der Waals surface area contributed by atoms with Crippen molar-refractivity contribution in [2.45, 2.75) is 16.7 Å². The number of hydrogen-bond acceptors (Lipinski definition) is 5. The lowest BCUT2D eigenvalue weighted by Crippen LogP contribution is -1.97. The second-order valence-corrected chi connectivity index (χ2v) is 8.13. The Morgan fingerprint density at radius 2 is 1.68 bits per heavy atom. The molecule has 0 fully saturated rings. The molecule has 0 amide bonds. The van der Waals surface area contributed by atoms with Crippen LogP contribution in [0, 0.1) is 6.92 Å². The van der Waals surface area contributed by atoms with Crippen LogP contribution < -0.4 is 3.71 Å². The number of rotatable bonds is 2. The molecular formula is C20H14N2OS2. The van der Waals surface area contributed by atoms with Gasteiger partial charge in [0.05, 0.1) is 5.69 Å². The SMILES string of the molecule is Cc1ccc2c(c1)SN(c1ccc(-c3nc4ccccc4o3)cc1)S2. The number of aryl methyl sites for hydroxylation is 1. The van der Waals surface area contributed by atoms with Crippen LogP contribution in [0.4, 0.5) is 5.69 Å². The Morgan fingerprint density at radius 3 is 2.52 bits per heavy atom. The molecule has 3 nitrogen and oxygen atoms in total. The van der Waals surface area contributed by atoms with Gasteiger partial charge in [-0.15, -0.1) is 0 Å². The summed E-state index contributed by atoms with van der Waals surface area (Å²) in [7, 11) is 0. The van der Waals surface area contributed by atoms with Gasteiger partial charge >= 0.3 is 0 Å². The molecule has 0 bridgehead atoms. The molecule has 0 unspecified atom stereocenters. The summed E-state index contributed by atoms with van der Waals surface area (Å²) in [6.45, 7) is 2.13. The van der Waals surface area contributed by atoms with Crippen LogP contribution in [0.15, 0.2) is 80.9 Å². The van der Waals surface area contributed by atoms with E-state index in [4.69, 9.17) is 4.42 Å². The van der Waals surface area contributed by atoms with Crippen LogP contribution in [0.3, 0.4) is 0 Å². The molecular weight excluding hydrogens is 348 g/mol. The number of aromatic nitrogens is 1. The van der Waals surface area contributed by atoms with E-state index in [0.717, 1.165) is 22.4 Å². The summed E-state index contributed by atoms with van der Waals surface area (Å²) < 4.78 is 8.08. The van der Waals surface area contributed by atoms with Crippen LogP contribution in [-0.4, -0.2) is 4.98 Å². The topological polar surface area (TPSA) is 29.3 Å². The molecule has 25 heavy (non-hydrogen) atoms. The van der Waals surface area contributed by atoms with E-state index in [1.165, 1.54) is 15.4 Å². The molecule has 0 saturated heterocycles. The summed E-state index contributed by atoms with van der Waals surface area (Å²) >= 11 is 3.53. The molecule has 0 atom stereocenters. The lowest BCUT2D eigenvalue weighted by molar-refractivity contribution is 0.620. The molecule has 5 heteroatoms. The standard InChI is InChI=1S/C20H14N2OS2/c1-13-6-11-18-19(12-13)25-22(24-18)15-9-7-14(8-10-15)20-21-16-4-2-3-5-17(16)23-20/h2-12H,1H3. The smallest absolute Gasteiger partial charge is 0.227 e. The Labute approximate surface area is 154 Å². The van der Waals surface area contributed by atoms with E-state index in [1.807, 2.05) is 24.3 Å². The summed E-state index contributed by atoms with van der Waals surface area (Å²) in [6, 6.07) is 22.8. The maximum atomic E-state index is 5.85. The second-order valence-electron chi connectivity index (χ2n) is 5.92. The number of oxazole rings is 1. The van der Waals surface area contributed by atoms with Gasteiger partial charge in [0.1, 0.15) is 5.52 Å². The maximum Gasteiger partial charge on any atom is 0.227 e. The minimum absolute atomic E-state index is 0.661. The highest BCUT2D eigenvalue weighted by molar-refractivity contribution is 8.20. The minimum atomic E-state index is 0.661. The zero-order valence-electron chi connectivity index (χ0n) is 13.5. The van der Waals surface area contributed by atoms with Crippen LogP contribution in [-0.2, 0) is 0 Å². The largest absolute Gasteiger partial charge is 0.436 e. The molecule has 0 saturated carbocycles. The van der Waals surface area contributed by atoms with E-state index in [1.54, 1.807) is 23.9 Å². The molecule has 0 N–H and O–H groups in total. The van der Waals surface area contributed by atoms with Crippen LogP contribution in [0.25, 0.3) is 22.6 Å². The molecule has 0 radical (unpaired) electrons. The number of hydrogen-bond donors (Lipinski definition) is 0. The lowest BCUT2D eigenvalue weighted by atomic mass is 10.2. The van der Waals surface area contributed by atoms with Gasteiger partial charge in [0, 0.05) is 39.3 Å². The van der Waals surface area contributed by atoms with Gasteiger partial charge in [-0.2, -0.15) is 0 Å². The number of anilines is 1. The fourth-order valence-electron chi connectivity index (χ4n) is 2.79. The monoisotopic (exact) mass is 362 g/mol. The van der Waals surface area contributed by atoms with Crippen molar-refractivity contribution in [2.24, 2.45) is 0 Å². The summed E-state index contributed by atoms with van der Waals surface area (Å²) in [4.78, 5) is 7.18. The van der Waals surface area contributed by atoms with Gasteiger partial charge in [0.25, 0.3) is 0 Å². The summed E-state index contributed by atoms with van der Waals surface area (Å²) in [5, 5.41) is 0. The zero-order valence-corrected chi connectivity index (χ0v) is 15.1. The first-order valence-electron chi connectivity index (χ1n) is 7.99. The van der Waals surface area contributed by atoms with Crippen LogP contribution in [0.5, 0.6) is 0 Å². The van der Waals surface area contributed by atoms with E-state index in [9.17, 15) is 0 Å². The van der Waals surface area contributed by atoms with Gasteiger partial charge in [0.2, 0.25) is 5.89 Å². The Kier molecular flexibility index (Phi) is 3.50. The van der Waals surface area contributed by atoms with E-state index in [-0.39, 0.29) is 0 Å². The van der Waals surface area contributed by atoms with Gasteiger partial charge in [-0.3, -0.25) is 0 Å². The normalized spacial score (nSPS) is 13.4. The Morgan fingerprint density at radius 1 is 0.880 bits per heavy atom. The third-order valence-electron chi connectivity index (χ3n) is 4.08. The van der Waals surface area contributed by atoms with Crippen molar-refractivity contribution in [1.82, 2.24) is 4.98 Å². The molecule has 1 aliphatic rings. The third kappa shape index (κ3) is 2.69. The average Bonchev–Trinajstić information content (AvgIpc) is 3.25.